The molecule has 0 aliphatic rings. The molecular formula is C13H12N2O4. The molecule has 2 aromatic rings. The number of nitrogens with zero attached hydrogens (tertiary/aromatic N) is 2. The number of aliphatic hydroxyl groups excluding tert-OH is 2. The molecule has 1 aromatic carbocycles. The Morgan fingerprint density at radius 1 is 1.05 bits per heavy atom. The van der Waals surface area contributed by atoms with Gasteiger partial charge in [-0.3, -0.25) is 15.1 Å². The lowest BCUT2D eigenvalue weighted by atomic mass is 10.0. The molecule has 0 saturated carbocycles. The van der Waals surface area contributed by atoms with Gasteiger partial charge in [0.1, 0.15) is 0 Å². The van der Waals surface area contributed by atoms with Crippen molar-refractivity contribution in [3.05, 3.63) is 57.9 Å². The Labute approximate surface area is 109 Å². The zero-order valence-electron chi connectivity index (χ0n) is 9.98. The van der Waals surface area contributed by atoms with Crippen molar-refractivity contribution in [2.75, 3.05) is 0 Å². The van der Waals surface area contributed by atoms with Crippen molar-refractivity contribution < 1.29 is 15.1 Å². The van der Waals surface area contributed by atoms with Crippen LogP contribution >= 0.6 is 0 Å². The van der Waals surface area contributed by atoms with Gasteiger partial charge < -0.3 is 10.2 Å². The van der Waals surface area contributed by atoms with E-state index in [9.17, 15) is 10.1 Å². The van der Waals surface area contributed by atoms with Crippen molar-refractivity contribution in [1.29, 1.82) is 0 Å². The Morgan fingerprint density at radius 2 is 1.68 bits per heavy atom. The van der Waals surface area contributed by atoms with Crippen molar-refractivity contribution in [3.8, 4) is 11.1 Å². The Bertz CT molecular complexity index is 591. The number of non-ortho nitro benzene ring substituents is 1. The number of hydrogen-bond donors (Lipinski definition) is 2. The topological polar surface area (TPSA) is 96.5 Å². The highest BCUT2D eigenvalue weighted by atomic mass is 16.6. The minimum atomic E-state index is -0.468. The molecule has 98 valence electrons. The van der Waals surface area contributed by atoms with Crippen LogP contribution in [-0.4, -0.2) is 20.1 Å². The molecule has 0 spiro atoms. The summed E-state index contributed by atoms with van der Waals surface area (Å²) in [5.74, 6) is 0. The lowest BCUT2D eigenvalue weighted by Gasteiger charge is -2.06. The Kier molecular flexibility index (Phi) is 3.84. The molecule has 0 amide bonds. The molecule has 0 aliphatic heterocycles. The second-order valence-electron chi connectivity index (χ2n) is 3.96. The minimum Gasteiger partial charge on any atom is -0.390 e. The van der Waals surface area contributed by atoms with Crippen LogP contribution in [0.5, 0.6) is 0 Å². The molecule has 0 atom stereocenters. The van der Waals surface area contributed by atoms with Crippen molar-refractivity contribution in [2.24, 2.45) is 0 Å². The summed E-state index contributed by atoms with van der Waals surface area (Å²) in [6, 6.07) is 9.44. The first-order valence-corrected chi connectivity index (χ1v) is 5.60. The number of aliphatic hydroxyl groups is 2. The highest BCUT2D eigenvalue weighted by Gasteiger charge is 2.09. The Balaban J connectivity index is 2.51. The maximum absolute atomic E-state index is 10.7. The third-order valence-electron chi connectivity index (χ3n) is 2.65. The molecule has 0 unspecified atom stereocenters. The number of rotatable bonds is 4. The maximum Gasteiger partial charge on any atom is 0.270 e. The molecule has 19 heavy (non-hydrogen) atoms. The van der Waals surface area contributed by atoms with E-state index in [1.54, 1.807) is 24.3 Å². The largest absolute Gasteiger partial charge is 0.390 e. The average Bonchev–Trinajstić information content (AvgIpc) is 2.46. The summed E-state index contributed by atoms with van der Waals surface area (Å²) in [5, 5.41) is 29.0. The van der Waals surface area contributed by atoms with Crippen LogP contribution in [0.1, 0.15) is 11.4 Å². The van der Waals surface area contributed by atoms with Gasteiger partial charge >= 0.3 is 0 Å². The molecule has 0 saturated heterocycles. The first-order valence-electron chi connectivity index (χ1n) is 5.60. The average molecular weight is 260 g/mol. The fourth-order valence-corrected chi connectivity index (χ4v) is 1.78. The van der Waals surface area contributed by atoms with Gasteiger partial charge in [-0.1, -0.05) is 12.1 Å². The summed E-state index contributed by atoms with van der Waals surface area (Å²) in [4.78, 5) is 14.3. The van der Waals surface area contributed by atoms with E-state index < -0.39 is 4.92 Å². The van der Waals surface area contributed by atoms with Crippen LogP contribution < -0.4 is 0 Å². The zero-order chi connectivity index (χ0) is 13.8. The minimum absolute atomic E-state index is 0.00888. The summed E-state index contributed by atoms with van der Waals surface area (Å²) in [6.07, 6.45) is 0. The van der Waals surface area contributed by atoms with Gasteiger partial charge in [0.2, 0.25) is 0 Å². The van der Waals surface area contributed by atoms with Crippen LogP contribution in [0.3, 0.4) is 0 Å². The fraction of sp³-hybridized carbons (Fsp3) is 0.154. The summed E-state index contributed by atoms with van der Waals surface area (Å²) >= 11 is 0. The van der Waals surface area contributed by atoms with E-state index in [2.05, 4.69) is 4.98 Å². The van der Waals surface area contributed by atoms with Crippen LogP contribution in [0, 0.1) is 10.1 Å². The predicted octanol–water partition coefficient (Wildman–Crippen LogP) is 1.64. The van der Waals surface area contributed by atoms with Gasteiger partial charge in [0.05, 0.1) is 29.5 Å². The lowest BCUT2D eigenvalue weighted by molar-refractivity contribution is -0.384. The summed E-state index contributed by atoms with van der Waals surface area (Å²) in [7, 11) is 0. The van der Waals surface area contributed by atoms with Crippen molar-refractivity contribution in [3.63, 3.8) is 0 Å². The van der Waals surface area contributed by atoms with Gasteiger partial charge in [0, 0.05) is 12.1 Å². The Hall–Kier alpha value is -2.31. The van der Waals surface area contributed by atoms with Crippen LogP contribution in [0.2, 0.25) is 0 Å². The summed E-state index contributed by atoms with van der Waals surface area (Å²) in [6.45, 7) is -0.508. The SMILES string of the molecule is O=[N+]([O-])c1cccc(-c2cc(CO)nc(CO)c2)c1. The normalized spacial score (nSPS) is 10.4. The molecule has 2 rings (SSSR count). The van der Waals surface area contributed by atoms with E-state index in [0.717, 1.165) is 0 Å². The van der Waals surface area contributed by atoms with E-state index in [4.69, 9.17) is 10.2 Å². The zero-order valence-corrected chi connectivity index (χ0v) is 9.98. The van der Waals surface area contributed by atoms with Crippen LogP contribution in [-0.2, 0) is 13.2 Å². The molecule has 1 heterocycles. The van der Waals surface area contributed by atoms with Crippen LogP contribution in [0.4, 0.5) is 5.69 Å². The number of nitro benzene ring substituents is 1. The first kappa shape index (κ1) is 13.1. The molecule has 2 N–H and O–H groups in total. The van der Waals surface area contributed by atoms with Gasteiger partial charge in [-0.15, -0.1) is 0 Å². The number of aromatic nitrogens is 1. The second kappa shape index (κ2) is 5.55. The van der Waals surface area contributed by atoms with Crippen molar-refractivity contribution in [2.45, 2.75) is 13.2 Å². The summed E-state index contributed by atoms with van der Waals surface area (Å²) < 4.78 is 0. The lowest BCUT2D eigenvalue weighted by Crippen LogP contribution is -1.97. The predicted molar refractivity (Wildman–Crippen MR) is 68.2 cm³/mol. The molecule has 6 nitrogen and oxygen atoms in total. The second-order valence-corrected chi connectivity index (χ2v) is 3.96. The van der Waals surface area contributed by atoms with Gasteiger partial charge in [-0.2, -0.15) is 0 Å². The van der Waals surface area contributed by atoms with Gasteiger partial charge in [-0.05, 0) is 23.3 Å². The van der Waals surface area contributed by atoms with Crippen LogP contribution in [0.25, 0.3) is 11.1 Å². The highest BCUT2D eigenvalue weighted by molar-refractivity contribution is 5.66. The smallest absolute Gasteiger partial charge is 0.270 e. The Morgan fingerprint density at radius 3 is 2.21 bits per heavy atom. The quantitative estimate of drug-likeness (QED) is 0.643. The monoisotopic (exact) mass is 260 g/mol. The van der Waals surface area contributed by atoms with E-state index >= 15 is 0 Å². The van der Waals surface area contributed by atoms with Gasteiger partial charge in [-0.25, -0.2) is 0 Å². The van der Waals surface area contributed by atoms with Crippen molar-refractivity contribution in [1.82, 2.24) is 4.98 Å². The van der Waals surface area contributed by atoms with Gasteiger partial charge in [0.15, 0.2) is 0 Å². The molecule has 0 radical (unpaired) electrons. The summed E-state index contributed by atoms with van der Waals surface area (Å²) in [5.41, 5.74) is 2.12. The fourth-order valence-electron chi connectivity index (χ4n) is 1.78. The molecule has 0 aliphatic carbocycles. The van der Waals surface area contributed by atoms with Crippen molar-refractivity contribution >= 4 is 5.69 Å². The highest BCUT2D eigenvalue weighted by Crippen LogP contribution is 2.25. The third-order valence-corrected chi connectivity index (χ3v) is 2.65. The third kappa shape index (κ3) is 2.93. The van der Waals surface area contributed by atoms with Crippen LogP contribution in [0.15, 0.2) is 36.4 Å². The molecule has 1 aromatic heterocycles. The molecular weight excluding hydrogens is 248 g/mol. The van der Waals surface area contributed by atoms with E-state index in [-0.39, 0.29) is 18.9 Å². The maximum atomic E-state index is 10.7. The van der Waals surface area contributed by atoms with E-state index in [0.29, 0.717) is 22.5 Å². The number of nitro groups is 1. The number of benzene rings is 1. The standard InChI is InChI=1S/C13H12N2O4/c16-7-11-4-10(5-12(8-17)14-11)9-2-1-3-13(6-9)15(18)19/h1-6,16-17H,7-8H2. The molecule has 0 bridgehead atoms. The van der Waals surface area contributed by atoms with Gasteiger partial charge in [0.25, 0.3) is 5.69 Å². The number of pyridine rings is 1. The number of hydrogen-bond acceptors (Lipinski definition) is 5. The molecule has 0 fully saturated rings. The molecule has 6 heteroatoms. The van der Waals surface area contributed by atoms with E-state index in [1.165, 1.54) is 12.1 Å². The first-order chi connectivity index (χ1) is 9.13. The van der Waals surface area contributed by atoms with E-state index in [1.807, 2.05) is 0 Å².